The Morgan fingerprint density at radius 1 is 0.411 bits per heavy atom. The molecular formula is C63H118NO8P. The molecule has 0 saturated heterocycles. The Balaban J connectivity index is 3.93. The topological polar surface area (TPSA) is 134 Å². The fourth-order valence-electron chi connectivity index (χ4n) is 9.05. The molecular weight excluding hydrogens is 930 g/mol. The summed E-state index contributed by atoms with van der Waals surface area (Å²) >= 11 is 0. The van der Waals surface area contributed by atoms with Crippen LogP contribution in [0.5, 0.6) is 0 Å². The number of phosphoric acid groups is 1. The predicted octanol–water partition coefficient (Wildman–Crippen LogP) is 19.7. The number of unbranched alkanes of at least 4 members (excludes halogenated alkanes) is 38. The fraction of sp³-hybridized carbons (Fsp3) is 0.841. The summed E-state index contributed by atoms with van der Waals surface area (Å²) in [7, 11) is -4.39. The zero-order valence-electron chi connectivity index (χ0n) is 47.9. The normalized spacial score (nSPS) is 13.3. The van der Waals surface area contributed by atoms with E-state index < -0.39 is 26.5 Å². The van der Waals surface area contributed by atoms with Crippen LogP contribution < -0.4 is 5.73 Å². The van der Waals surface area contributed by atoms with Crippen LogP contribution in [0.3, 0.4) is 0 Å². The number of carbonyl (C=O) groups excluding carboxylic acids is 2. The van der Waals surface area contributed by atoms with Gasteiger partial charge in [0, 0.05) is 19.4 Å². The number of carbonyl (C=O) groups is 2. The molecule has 10 heteroatoms. The molecule has 2 unspecified atom stereocenters. The van der Waals surface area contributed by atoms with E-state index in [9.17, 15) is 19.0 Å². The van der Waals surface area contributed by atoms with Gasteiger partial charge in [-0.05, 0) is 77.0 Å². The summed E-state index contributed by atoms with van der Waals surface area (Å²) in [5.74, 6) is -0.820. The van der Waals surface area contributed by atoms with E-state index in [1.165, 1.54) is 218 Å². The highest BCUT2D eigenvalue weighted by molar-refractivity contribution is 7.47. The highest BCUT2D eigenvalue weighted by atomic mass is 31.2. The van der Waals surface area contributed by atoms with E-state index in [4.69, 9.17) is 24.3 Å². The third-order valence-corrected chi connectivity index (χ3v) is 14.7. The first kappa shape index (κ1) is 71.0. The lowest BCUT2D eigenvalue weighted by Gasteiger charge is -2.19. The fourth-order valence-corrected chi connectivity index (χ4v) is 9.82. The van der Waals surface area contributed by atoms with E-state index in [0.29, 0.717) is 6.42 Å². The van der Waals surface area contributed by atoms with Crippen LogP contribution in [-0.4, -0.2) is 49.3 Å². The van der Waals surface area contributed by atoms with Crippen molar-refractivity contribution in [3.63, 3.8) is 0 Å². The van der Waals surface area contributed by atoms with Gasteiger partial charge in [-0.25, -0.2) is 4.57 Å². The first-order chi connectivity index (χ1) is 35.8. The van der Waals surface area contributed by atoms with Crippen LogP contribution in [0.25, 0.3) is 0 Å². The molecule has 9 nitrogen and oxygen atoms in total. The standard InChI is InChI=1S/C63H118NO8P/c1-3-5-7-9-11-13-15-17-19-21-23-25-27-29-30-32-33-35-37-39-41-43-45-47-49-51-53-55-62(65)69-59-61(60-71-73(67,68)70-58-57-64)72-63(66)56-54-52-50-48-46-44-42-40-38-36-34-31-28-26-24-22-20-18-16-14-12-10-8-6-4-2/h16,18,21-24,28,31,61H,3-15,17,19-20,25-27,29-30,32-60,64H2,1-2H3,(H,67,68)/b18-16-,23-21-,24-22-,31-28-. The average molecular weight is 1050 g/mol. The van der Waals surface area contributed by atoms with Gasteiger partial charge >= 0.3 is 19.8 Å². The van der Waals surface area contributed by atoms with E-state index in [2.05, 4.69) is 62.5 Å². The molecule has 0 amide bonds. The summed E-state index contributed by atoms with van der Waals surface area (Å²) in [4.78, 5) is 35.2. The number of hydrogen-bond donors (Lipinski definition) is 2. The minimum atomic E-state index is -4.39. The van der Waals surface area contributed by atoms with Crippen molar-refractivity contribution in [2.75, 3.05) is 26.4 Å². The van der Waals surface area contributed by atoms with Gasteiger partial charge in [-0.3, -0.25) is 18.6 Å². The van der Waals surface area contributed by atoms with Crippen molar-refractivity contribution >= 4 is 19.8 Å². The van der Waals surface area contributed by atoms with Crippen molar-refractivity contribution in [2.24, 2.45) is 5.73 Å². The maximum atomic E-state index is 12.7. The number of rotatable bonds is 59. The third kappa shape index (κ3) is 59.1. The lowest BCUT2D eigenvalue weighted by atomic mass is 10.0. The summed E-state index contributed by atoms with van der Waals surface area (Å²) in [6, 6.07) is 0. The van der Waals surface area contributed by atoms with Gasteiger partial charge in [-0.2, -0.15) is 0 Å². The van der Waals surface area contributed by atoms with Crippen LogP contribution in [0.15, 0.2) is 48.6 Å². The molecule has 0 aromatic heterocycles. The lowest BCUT2D eigenvalue weighted by Crippen LogP contribution is -2.29. The van der Waals surface area contributed by atoms with Gasteiger partial charge in [0.05, 0.1) is 13.2 Å². The zero-order chi connectivity index (χ0) is 53.1. The zero-order valence-corrected chi connectivity index (χ0v) is 48.8. The highest BCUT2D eigenvalue weighted by Gasteiger charge is 2.26. The lowest BCUT2D eigenvalue weighted by molar-refractivity contribution is -0.161. The van der Waals surface area contributed by atoms with Crippen molar-refractivity contribution in [3.05, 3.63) is 48.6 Å². The SMILES string of the molecule is CCCCCCC/C=C\C/C=C\C/C=C\CCCCCCCCCCCCC(=O)OC(COC(=O)CCCCCCCCCCCCCCCCC/C=C\CCCCCCCCCC)COP(=O)(O)OCCN. The third-order valence-electron chi connectivity index (χ3n) is 13.7. The largest absolute Gasteiger partial charge is 0.472 e. The van der Waals surface area contributed by atoms with Crippen molar-refractivity contribution < 1.29 is 37.6 Å². The van der Waals surface area contributed by atoms with Gasteiger partial charge in [0.1, 0.15) is 6.61 Å². The number of nitrogens with two attached hydrogens (primary N) is 1. The monoisotopic (exact) mass is 1050 g/mol. The first-order valence-electron chi connectivity index (χ1n) is 31.1. The molecule has 428 valence electrons. The average Bonchev–Trinajstić information content (AvgIpc) is 3.38. The van der Waals surface area contributed by atoms with E-state index in [1.54, 1.807) is 0 Å². The molecule has 0 saturated carbocycles. The molecule has 0 bridgehead atoms. The highest BCUT2D eigenvalue weighted by Crippen LogP contribution is 2.43. The Kier molecular flexibility index (Phi) is 57.6. The number of ether oxygens (including phenoxy) is 2. The summed E-state index contributed by atoms with van der Waals surface area (Å²) < 4.78 is 33.1. The maximum Gasteiger partial charge on any atom is 0.472 e. The van der Waals surface area contributed by atoms with E-state index >= 15 is 0 Å². The number of hydrogen-bond acceptors (Lipinski definition) is 8. The Bertz CT molecular complexity index is 1330. The molecule has 0 aromatic carbocycles. The van der Waals surface area contributed by atoms with Gasteiger partial charge in [-0.15, -0.1) is 0 Å². The van der Waals surface area contributed by atoms with Crippen LogP contribution >= 0.6 is 7.82 Å². The van der Waals surface area contributed by atoms with Crippen molar-refractivity contribution in [1.29, 1.82) is 0 Å². The number of phosphoric ester groups is 1. The van der Waals surface area contributed by atoms with Gasteiger partial charge in [-0.1, -0.05) is 268 Å². The molecule has 0 heterocycles. The quantitative estimate of drug-likeness (QED) is 0.0264. The van der Waals surface area contributed by atoms with Gasteiger partial charge < -0.3 is 20.1 Å². The summed E-state index contributed by atoms with van der Waals surface area (Å²) in [6.45, 7) is 3.77. The summed E-state index contributed by atoms with van der Waals surface area (Å²) in [5, 5.41) is 0. The molecule has 73 heavy (non-hydrogen) atoms. The molecule has 2 atom stereocenters. The Morgan fingerprint density at radius 3 is 1.07 bits per heavy atom. The molecule has 0 fully saturated rings. The summed E-state index contributed by atoms with van der Waals surface area (Å²) in [5.41, 5.74) is 5.39. The van der Waals surface area contributed by atoms with Crippen molar-refractivity contribution in [2.45, 2.75) is 315 Å². The second-order valence-electron chi connectivity index (χ2n) is 20.9. The second kappa shape index (κ2) is 59.2. The van der Waals surface area contributed by atoms with Gasteiger partial charge in [0.25, 0.3) is 0 Å². The Labute approximate surface area is 451 Å². The molecule has 0 radical (unpaired) electrons. The maximum absolute atomic E-state index is 12.7. The minimum Gasteiger partial charge on any atom is -0.462 e. The predicted molar refractivity (Wildman–Crippen MR) is 312 cm³/mol. The van der Waals surface area contributed by atoms with Crippen LogP contribution in [0, 0.1) is 0 Å². The van der Waals surface area contributed by atoms with Crippen molar-refractivity contribution in [1.82, 2.24) is 0 Å². The van der Waals surface area contributed by atoms with Gasteiger partial charge in [0.15, 0.2) is 6.10 Å². The molecule has 0 aliphatic rings. The molecule has 0 aromatic rings. The Hall–Kier alpha value is -2.03. The molecule has 0 rings (SSSR count). The molecule has 0 aliphatic heterocycles. The van der Waals surface area contributed by atoms with E-state index in [1.807, 2.05) is 0 Å². The number of allylic oxidation sites excluding steroid dienone is 8. The van der Waals surface area contributed by atoms with Crippen LogP contribution in [-0.2, 0) is 32.7 Å². The summed E-state index contributed by atoms with van der Waals surface area (Å²) in [6.07, 6.45) is 73.2. The molecule has 0 aliphatic carbocycles. The smallest absolute Gasteiger partial charge is 0.462 e. The second-order valence-corrected chi connectivity index (χ2v) is 22.4. The molecule has 3 N–H and O–H groups in total. The van der Waals surface area contributed by atoms with Gasteiger partial charge in [0.2, 0.25) is 0 Å². The Morgan fingerprint density at radius 2 is 0.712 bits per heavy atom. The first-order valence-corrected chi connectivity index (χ1v) is 32.6. The van der Waals surface area contributed by atoms with E-state index in [-0.39, 0.29) is 38.6 Å². The van der Waals surface area contributed by atoms with E-state index in [0.717, 1.165) is 57.8 Å². The van der Waals surface area contributed by atoms with Crippen LogP contribution in [0.1, 0.15) is 309 Å². The minimum absolute atomic E-state index is 0.0528. The van der Waals surface area contributed by atoms with Crippen LogP contribution in [0.2, 0.25) is 0 Å². The molecule has 0 spiro atoms. The van der Waals surface area contributed by atoms with Crippen molar-refractivity contribution in [3.8, 4) is 0 Å². The van der Waals surface area contributed by atoms with Crippen LogP contribution in [0.4, 0.5) is 0 Å². The number of esters is 2.